The van der Waals surface area contributed by atoms with Gasteiger partial charge in [-0.1, -0.05) is 42.4 Å². The molecule has 46 heavy (non-hydrogen) atoms. The highest BCUT2D eigenvalue weighted by molar-refractivity contribution is 6.36. The van der Waals surface area contributed by atoms with Crippen molar-refractivity contribution in [3.8, 4) is 28.6 Å². The van der Waals surface area contributed by atoms with Gasteiger partial charge in [0.2, 0.25) is 5.91 Å². The molecule has 3 fully saturated rings. The minimum Gasteiger partial charge on any atom is -0.506 e. The fourth-order valence-electron chi connectivity index (χ4n) is 6.84. The van der Waals surface area contributed by atoms with Gasteiger partial charge in [-0.15, -0.1) is 0 Å². The number of nitrogens with zero attached hydrogens (tertiary/aromatic N) is 5. The van der Waals surface area contributed by atoms with Crippen LogP contribution in [-0.2, 0) is 4.79 Å². The number of anilines is 1. The second-order valence-corrected chi connectivity index (χ2v) is 13.2. The molecule has 3 aliphatic heterocycles. The van der Waals surface area contributed by atoms with Gasteiger partial charge >= 0.3 is 6.01 Å². The third-order valence-electron chi connectivity index (χ3n) is 9.44. The summed E-state index contributed by atoms with van der Waals surface area (Å²) >= 11 is 12.5. The molecule has 0 atom stereocenters. The van der Waals surface area contributed by atoms with Gasteiger partial charge in [-0.05, 0) is 63.4 Å². The van der Waals surface area contributed by atoms with Crippen LogP contribution in [0.3, 0.4) is 0 Å². The summed E-state index contributed by atoms with van der Waals surface area (Å²) in [4.78, 5) is 28.3. The molecule has 1 amide bonds. The van der Waals surface area contributed by atoms with Gasteiger partial charge in [0.05, 0.1) is 22.2 Å². The number of aromatic hydroxyl groups is 1. The topological polar surface area (TPSA) is 91.3 Å². The van der Waals surface area contributed by atoms with Crippen LogP contribution >= 0.6 is 23.2 Å². The van der Waals surface area contributed by atoms with Crippen molar-refractivity contribution >= 4 is 51.9 Å². The molecule has 1 aromatic heterocycles. The van der Waals surface area contributed by atoms with E-state index >= 15 is 4.39 Å². The molecule has 0 unspecified atom stereocenters. The van der Waals surface area contributed by atoms with Crippen molar-refractivity contribution in [2.45, 2.75) is 38.7 Å². The van der Waals surface area contributed by atoms with E-state index in [1.807, 2.05) is 17.9 Å². The molecule has 3 aromatic rings. The van der Waals surface area contributed by atoms with Crippen molar-refractivity contribution in [2.24, 2.45) is 5.41 Å². The number of fused-ring (bicyclic) bond motifs is 1. The molecule has 12 heteroatoms. The molecule has 9 nitrogen and oxygen atoms in total. The van der Waals surface area contributed by atoms with Crippen LogP contribution in [0.4, 0.5) is 10.2 Å². The number of hydrogen-bond donors (Lipinski definition) is 1. The van der Waals surface area contributed by atoms with E-state index in [4.69, 9.17) is 42.6 Å². The Kier molecular flexibility index (Phi) is 9.06. The summed E-state index contributed by atoms with van der Waals surface area (Å²) in [5.41, 5.74) is 1.01. The zero-order valence-electron chi connectivity index (χ0n) is 26.1. The monoisotopic (exact) mass is 669 g/mol. The molecule has 0 saturated carbocycles. The highest BCUT2D eigenvalue weighted by Crippen LogP contribution is 2.50. The highest BCUT2D eigenvalue weighted by atomic mass is 35.5. The van der Waals surface area contributed by atoms with Gasteiger partial charge in [0.25, 0.3) is 0 Å². The van der Waals surface area contributed by atoms with E-state index in [9.17, 15) is 9.90 Å². The smallest absolute Gasteiger partial charge is 0.319 e. The average molecular weight is 671 g/mol. The summed E-state index contributed by atoms with van der Waals surface area (Å²) in [5, 5.41) is 11.4. The largest absolute Gasteiger partial charge is 0.506 e. The summed E-state index contributed by atoms with van der Waals surface area (Å²) < 4.78 is 28.4. The maximum atomic E-state index is 15.7. The molecule has 6 rings (SSSR count). The van der Waals surface area contributed by atoms with Crippen molar-refractivity contribution in [1.82, 2.24) is 19.8 Å². The molecule has 1 spiro atoms. The third-order valence-corrected chi connectivity index (χ3v) is 10.0. The average Bonchev–Trinajstić information content (AvgIpc) is 3.04. The molecule has 244 valence electrons. The van der Waals surface area contributed by atoms with E-state index in [2.05, 4.69) is 30.0 Å². The van der Waals surface area contributed by atoms with Crippen molar-refractivity contribution in [2.75, 3.05) is 57.8 Å². The third kappa shape index (κ3) is 5.87. The number of carbonyl (C=O) groups is 1. The van der Waals surface area contributed by atoms with Gasteiger partial charge in [-0.25, -0.2) is 4.39 Å². The predicted molar refractivity (Wildman–Crippen MR) is 180 cm³/mol. The zero-order chi connectivity index (χ0) is 32.7. The number of phenolic OH excluding ortho intramolecular Hbond substituents is 1. The minimum absolute atomic E-state index is 0.0368. The lowest BCUT2D eigenvalue weighted by Crippen LogP contribution is -2.61. The molecular weight excluding hydrogens is 632 g/mol. The lowest BCUT2D eigenvalue weighted by molar-refractivity contribution is -0.139. The molecule has 3 aliphatic rings. The standard InChI is InChI=1S/C34H38Cl2FN5O4/c1-5-20-16-22-29(31(45-7-3)26(20)27-28(37)23(35)17-24(36)30(27)44)38-33(46-21-8-12-40(4)13-9-21)39-32(22)41-14-10-34(11-15-41)18-42(19-34)25(43)6-2/h5-6,16-17,21,44H,1-2,7-15,18-19H2,3-4H3. The van der Waals surface area contributed by atoms with Crippen molar-refractivity contribution in [1.29, 1.82) is 0 Å². The molecule has 1 N–H and O–H groups in total. The highest BCUT2D eigenvalue weighted by Gasteiger charge is 2.46. The van der Waals surface area contributed by atoms with E-state index in [0.717, 1.165) is 57.9 Å². The summed E-state index contributed by atoms with van der Waals surface area (Å²) in [6, 6.07) is 3.20. The van der Waals surface area contributed by atoms with E-state index < -0.39 is 11.6 Å². The fourth-order valence-corrected chi connectivity index (χ4v) is 7.30. The number of hydrogen-bond acceptors (Lipinski definition) is 8. The summed E-state index contributed by atoms with van der Waals surface area (Å²) in [7, 11) is 2.09. The second-order valence-electron chi connectivity index (χ2n) is 12.4. The van der Waals surface area contributed by atoms with Crippen LogP contribution in [0.5, 0.6) is 17.5 Å². The van der Waals surface area contributed by atoms with Crippen molar-refractivity contribution in [3.63, 3.8) is 0 Å². The number of rotatable bonds is 8. The van der Waals surface area contributed by atoms with Gasteiger partial charge in [0.1, 0.15) is 23.2 Å². The molecule has 2 aromatic carbocycles. The summed E-state index contributed by atoms with van der Waals surface area (Å²) in [6.45, 7) is 14.3. The van der Waals surface area contributed by atoms with Gasteiger partial charge < -0.3 is 29.3 Å². The van der Waals surface area contributed by atoms with Crippen LogP contribution in [0.15, 0.2) is 31.4 Å². The predicted octanol–water partition coefficient (Wildman–Crippen LogP) is 6.58. The number of likely N-dealkylation sites (tertiary alicyclic amines) is 2. The Morgan fingerprint density at radius 1 is 1.11 bits per heavy atom. The van der Waals surface area contributed by atoms with Gasteiger partial charge in [-0.2, -0.15) is 9.97 Å². The number of carbonyl (C=O) groups excluding carboxylic acids is 1. The maximum Gasteiger partial charge on any atom is 0.319 e. The number of halogens is 3. The van der Waals surface area contributed by atoms with Crippen molar-refractivity contribution < 1.29 is 23.8 Å². The van der Waals surface area contributed by atoms with E-state index in [0.29, 0.717) is 35.4 Å². The van der Waals surface area contributed by atoms with Gasteiger partial charge in [0.15, 0.2) is 11.6 Å². The van der Waals surface area contributed by atoms with Crippen LogP contribution < -0.4 is 14.4 Å². The quantitative estimate of drug-likeness (QED) is 0.213. The first kappa shape index (κ1) is 32.3. The van der Waals surface area contributed by atoms with Crippen LogP contribution in [-0.4, -0.2) is 89.8 Å². The molecular formula is C34H38Cl2FN5O4. The fraction of sp³-hybridized carbons (Fsp3) is 0.441. The lowest BCUT2D eigenvalue weighted by Gasteiger charge is -2.54. The summed E-state index contributed by atoms with van der Waals surface area (Å²) in [6.07, 6.45) is 6.31. The van der Waals surface area contributed by atoms with E-state index in [-0.39, 0.29) is 57.0 Å². The Hall–Kier alpha value is -3.60. The van der Waals surface area contributed by atoms with Crippen molar-refractivity contribution in [3.05, 3.63) is 52.8 Å². The lowest BCUT2D eigenvalue weighted by atomic mass is 9.72. The van der Waals surface area contributed by atoms with Crippen LogP contribution in [0.25, 0.3) is 28.1 Å². The van der Waals surface area contributed by atoms with Crippen LogP contribution in [0, 0.1) is 11.2 Å². The minimum atomic E-state index is -0.838. The number of aromatic nitrogens is 2. The SMILES string of the molecule is C=CC(=O)N1CC2(CCN(c3nc(OC4CCN(C)CC4)nc4c(OCC)c(-c5c(O)c(Cl)cc(Cl)c5F)c(C=C)cc34)CC2)C1. The van der Waals surface area contributed by atoms with Crippen LogP contribution in [0.2, 0.25) is 10.0 Å². The molecule has 0 bridgehead atoms. The molecule has 4 heterocycles. The maximum absolute atomic E-state index is 15.7. The Morgan fingerprint density at radius 3 is 2.43 bits per heavy atom. The van der Waals surface area contributed by atoms with E-state index in [1.54, 1.807) is 6.08 Å². The zero-order valence-corrected chi connectivity index (χ0v) is 27.6. The van der Waals surface area contributed by atoms with Gasteiger partial charge in [-0.3, -0.25) is 4.79 Å². The molecule has 3 saturated heterocycles. The number of benzene rings is 2. The second kappa shape index (κ2) is 12.9. The first-order chi connectivity index (χ1) is 22.1. The number of amides is 1. The summed E-state index contributed by atoms with van der Waals surface area (Å²) in [5.74, 6) is -0.425. The number of piperidine rings is 2. The Balaban J connectivity index is 1.48. The van der Waals surface area contributed by atoms with Crippen LogP contribution in [0.1, 0.15) is 38.2 Å². The Morgan fingerprint density at radius 2 is 1.80 bits per heavy atom. The molecule has 0 aliphatic carbocycles. The normalized spacial score (nSPS) is 18.5. The first-order valence-electron chi connectivity index (χ1n) is 15.6. The Bertz CT molecular complexity index is 1670. The Labute approximate surface area is 278 Å². The first-order valence-corrected chi connectivity index (χ1v) is 16.4. The number of ether oxygens (including phenoxy) is 2. The number of phenols is 1. The van der Waals surface area contributed by atoms with E-state index in [1.165, 1.54) is 6.08 Å². The molecule has 0 radical (unpaired) electrons. The van der Waals surface area contributed by atoms with Gasteiger partial charge in [0, 0.05) is 55.6 Å².